The van der Waals surface area contributed by atoms with E-state index in [1.54, 1.807) is 0 Å². The van der Waals surface area contributed by atoms with Crippen LogP contribution in [0.5, 0.6) is 0 Å². The zero-order valence-corrected chi connectivity index (χ0v) is 15.6. The molecular weight excluding hydrogens is 258 g/mol. The number of rotatable bonds is 3. The first-order valence-electron chi connectivity index (χ1n) is 9.15. The van der Waals surface area contributed by atoms with Crippen LogP contribution in [0, 0.1) is 5.92 Å². The molecule has 2 aliphatic heterocycles. The van der Waals surface area contributed by atoms with E-state index < -0.39 is 0 Å². The Balaban J connectivity index is 0.00000106. The molecule has 0 bridgehead atoms. The van der Waals surface area contributed by atoms with Crippen molar-refractivity contribution in [1.82, 2.24) is 14.7 Å². The van der Waals surface area contributed by atoms with Crippen LogP contribution < -0.4 is 0 Å². The maximum absolute atomic E-state index is 2.77. The molecule has 21 heavy (non-hydrogen) atoms. The summed E-state index contributed by atoms with van der Waals surface area (Å²) >= 11 is 0. The molecule has 0 aromatic rings. The summed E-state index contributed by atoms with van der Waals surface area (Å²) in [5, 5.41) is 0. The van der Waals surface area contributed by atoms with Crippen LogP contribution in [-0.2, 0) is 0 Å². The third-order valence-electron chi connectivity index (χ3n) is 5.17. The number of nitrogens with zero attached hydrogens (tertiary/aromatic N) is 3. The van der Waals surface area contributed by atoms with Crippen LogP contribution in [0.2, 0.25) is 0 Å². The number of hydrogen-bond donors (Lipinski definition) is 0. The normalized spacial score (nSPS) is 30.3. The minimum Gasteiger partial charge on any atom is -0.306 e. The maximum atomic E-state index is 2.77. The molecule has 2 unspecified atom stereocenters. The van der Waals surface area contributed by atoms with E-state index in [-0.39, 0.29) is 0 Å². The predicted octanol–water partition coefficient (Wildman–Crippen LogP) is 3.16. The van der Waals surface area contributed by atoms with Crippen molar-refractivity contribution in [3.05, 3.63) is 0 Å². The molecule has 2 heterocycles. The van der Waals surface area contributed by atoms with Gasteiger partial charge in [0.15, 0.2) is 0 Å². The lowest BCUT2D eigenvalue weighted by Gasteiger charge is -2.47. The van der Waals surface area contributed by atoms with E-state index in [4.69, 9.17) is 0 Å². The molecule has 0 spiro atoms. The summed E-state index contributed by atoms with van der Waals surface area (Å²) in [6, 6.07) is 2.12. The van der Waals surface area contributed by atoms with E-state index in [0.717, 1.165) is 5.92 Å². The fourth-order valence-electron chi connectivity index (χ4n) is 3.72. The fourth-order valence-corrected chi connectivity index (χ4v) is 3.72. The molecule has 2 atom stereocenters. The molecule has 0 aromatic carbocycles. The van der Waals surface area contributed by atoms with Gasteiger partial charge in [0.1, 0.15) is 0 Å². The van der Waals surface area contributed by atoms with Crippen molar-refractivity contribution < 1.29 is 0 Å². The number of hydrogen-bond acceptors (Lipinski definition) is 3. The minimum absolute atomic E-state index is 0.690. The molecule has 126 valence electrons. The van der Waals surface area contributed by atoms with Crippen LogP contribution in [-0.4, -0.2) is 72.6 Å². The van der Waals surface area contributed by atoms with Gasteiger partial charge in [-0.1, -0.05) is 13.8 Å². The topological polar surface area (TPSA) is 9.72 Å². The SMILES string of the molecule is CC.CC(C)N1CC(C)N(CC2CCN(C)CC2)C(C)C1. The highest BCUT2D eigenvalue weighted by Gasteiger charge is 2.32. The van der Waals surface area contributed by atoms with E-state index in [2.05, 4.69) is 49.4 Å². The highest BCUT2D eigenvalue weighted by molar-refractivity contribution is 4.88. The summed E-state index contributed by atoms with van der Waals surface area (Å²) in [5.41, 5.74) is 0. The lowest BCUT2D eigenvalue weighted by atomic mass is 9.94. The highest BCUT2D eigenvalue weighted by Crippen LogP contribution is 2.23. The van der Waals surface area contributed by atoms with Crippen molar-refractivity contribution >= 4 is 0 Å². The molecule has 0 aliphatic carbocycles. The summed E-state index contributed by atoms with van der Waals surface area (Å²) < 4.78 is 0. The molecule has 0 saturated carbocycles. The van der Waals surface area contributed by atoms with E-state index in [0.29, 0.717) is 18.1 Å². The summed E-state index contributed by atoms with van der Waals surface area (Å²) in [6.07, 6.45) is 2.78. The van der Waals surface area contributed by atoms with Crippen molar-refractivity contribution in [2.75, 3.05) is 39.8 Å². The Labute approximate surface area is 133 Å². The van der Waals surface area contributed by atoms with Gasteiger partial charge in [0.25, 0.3) is 0 Å². The summed E-state index contributed by atoms with van der Waals surface area (Å²) in [7, 11) is 2.25. The maximum Gasteiger partial charge on any atom is 0.0198 e. The first-order chi connectivity index (χ1) is 9.97. The second-order valence-electron chi connectivity index (χ2n) is 7.19. The van der Waals surface area contributed by atoms with Gasteiger partial charge in [-0.3, -0.25) is 9.80 Å². The van der Waals surface area contributed by atoms with Gasteiger partial charge in [0.2, 0.25) is 0 Å². The van der Waals surface area contributed by atoms with Gasteiger partial charge in [-0.15, -0.1) is 0 Å². The molecule has 0 amide bonds. The van der Waals surface area contributed by atoms with Gasteiger partial charge < -0.3 is 4.90 Å². The van der Waals surface area contributed by atoms with Gasteiger partial charge in [0, 0.05) is 37.8 Å². The largest absolute Gasteiger partial charge is 0.306 e. The Morgan fingerprint density at radius 2 is 1.43 bits per heavy atom. The zero-order chi connectivity index (χ0) is 16.0. The Kier molecular flexibility index (Phi) is 8.22. The smallest absolute Gasteiger partial charge is 0.0198 e. The average molecular weight is 298 g/mol. The standard InChI is InChI=1S/C16H33N3.C2H6/c1-13(2)18-10-14(3)19(15(4)11-18)12-16-6-8-17(5)9-7-16;1-2/h13-16H,6-12H2,1-5H3;1-2H3. The summed E-state index contributed by atoms with van der Waals surface area (Å²) in [6.45, 7) is 19.9. The van der Waals surface area contributed by atoms with E-state index in [1.807, 2.05) is 13.8 Å². The van der Waals surface area contributed by atoms with Gasteiger partial charge >= 0.3 is 0 Å². The average Bonchev–Trinajstić information content (AvgIpc) is 2.46. The molecule has 2 saturated heterocycles. The summed E-state index contributed by atoms with van der Waals surface area (Å²) in [4.78, 5) is 7.88. The van der Waals surface area contributed by atoms with Crippen molar-refractivity contribution in [2.24, 2.45) is 5.92 Å². The van der Waals surface area contributed by atoms with E-state index >= 15 is 0 Å². The molecule has 2 fully saturated rings. The van der Waals surface area contributed by atoms with Crippen LogP contribution in [0.15, 0.2) is 0 Å². The second kappa shape index (κ2) is 9.12. The van der Waals surface area contributed by atoms with E-state index in [1.165, 1.54) is 45.6 Å². The van der Waals surface area contributed by atoms with Crippen molar-refractivity contribution in [1.29, 1.82) is 0 Å². The van der Waals surface area contributed by atoms with Crippen molar-refractivity contribution in [3.63, 3.8) is 0 Å². The zero-order valence-electron chi connectivity index (χ0n) is 15.6. The fraction of sp³-hybridized carbons (Fsp3) is 1.00. The Hall–Kier alpha value is -0.120. The Morgan fingerprint density at radius 3 is 1.86 bits per heavy atom. The first-order valence-corrected chi connectivity index (χ1v) is 9.15. The molecule has 3 heteroatoms. The van der Waals surface area contributed by atoms with Gasteiger partial charge in [-0.25, -0.2) is 0 Å². The van der Waals surface area contributed by atoms with Gasteiger partial charge in [0.05, 0.1) is 0 Å². The molecular formula is C18H39N3. The Bertz CT molecular complexity index is 260. The lowest BCUT2D eigenvalue weighted by molar-refractivity contribution is 0.00753. The lowest BCUT2D eigenvalue weighted by Crippen LogP contribution is -2.59. The van der Waals surface area contributed by atoms with Gasteiger partial charge in [-0.05, 0) is 66.6 Å². The van der Waals surface area contributed by atoms with Gasteiger partial charge in [-0.2, -0.15) is 0 Å². The van der Waals surface area contributed by atoms with E-state index in [9.17, 15) is 0 Å². The molecule has 0 N–H and O–H groups in total. The first kappa shape index (κ1) is 18.9. The van der Waals surface area contributed by atoms with Crippen LogP contribution in [0.4, 0.5) is 0 Å². The molecule has 0 radical (unpaired) electrons. The van der Waals surface area contributed by atoms with Crippen LogP contribution in [0.1, 0.15) is 54.4 Å². The number of likely N-dealkylation sites (tertiary alicyclic amines) is 1. The van der Waals surface area contributed by atoms with Crippen molar-refractivity contribution in [2.45, 2.75) is 72.5 Å². The highest BCUT2D eigenvalue weighted by atomic mass is 15.3. The second-order valence-corrected chi connectivity index (χ2v) is 7.19. The monoisotopic (exact) mass is 297 g/mol. The third-order valence-corrected chi connectivity index (χ3v) is 5.17. The van der Waals surface area contributed by atoms with Crippen molar-refractivity contribution in [3.8, 4) is 0 Å². The number of piperazine rings is 1. The van der Waals surface area contributed by atoms with Crippen LogP contribution >= 0.6 is 0 Å². The molecule has 0 aromatic heterocycles. The van der Waals surface area contributed by atoms with Crippen LogP contribution in [0.3, 0.4) is 0 Å². The molecule has 2 aliphatic rings. The molecule has 3 nitrogen and oxygen atoms in total. The summed E-state index contributed by atoms with van der Waals surface area (Å²) in [5.74, 6) is 0.923. The number of piperidine rings is 1. The molecule has 2 rings (SSSR count). The predicted molar refractivity (Wildman–Crippen MR) is 93.9 cm³/mol. The third kappa shape index (κ3) is 5.54. The van der Waals surface area contributed by atoms with Crippen LogP contribution in [0.25, 0.3) is 0 Å². The Morgan fingerprint density at radius 1 is 0.952 bits per heavy atom. The minimum atomic E-state index is 0.690. The quantitative estimate of drug-likeness (QED) is 0.792.